The number of tetrazole rings is 1. The zero-order valence-electron chi connectivity index (χ0n) is 5.44. The lowest BCUT2D eigenvalue weighted by Gasteiger charge is -1.92. The highest BCUT2D eigenvalue weighted by atomic mass is 15.6. The van der Waals surface area contributed by atoms with Gasteiger partial charge in [0.2, 0.25) is 0 Å². The second kappa shape index (κ2) is 2.10. The van der Waals surface area contributed by atoms with Crippen LogP contribution in [0.15, 0.2) is 0 Å². The fourth-order valence-electron chi connectivity index (χ4n) is 0.481. The molecule has 1 heterocycles. The molecule has 5 heteroatoms. The summed E-state index contributed by atoms with van der Waals surface area (Å²) in [5, 5.41) is 11.2. The summed E-state index contributed by atoms with van der Waals surface area (Å²) in [5.74, 6) is 0.581. The Morgan fingerprint density at radius 1 is 1.67 bits per heavy atom. The number of nitrogens with zero attached hydrogens (tertiary/aromatic N) is 4. The summed E-state index contributed by atoms with van der Waals surface area (Å²) >= 11 is 0. The summed E-state index contributed by atoms with van der Waals surface area (Å²) in [4.78, 5) is 1.39. The number of rotatable bonds is 1. The Kier molecular flexibility index (Phi) is 1.44. The predicted octanol–water partition coefficient (Wildman–Crippen LogP) is -0.770. The van der Waals surface area contributed by atoms with Crippen LogP contribution in [0.3, 0.4) is 0 Å². The van der Waals surface area contributed by atoms with Gasteiger partial charge < -0.3 is 5.73 Å². The minimum atomic E-state index is -0.126. The zero-order chi connectivity index (χ0) is 6.85. The molecule has 1 aromatic rings. The van der Waals surface area contributed by atoms with E-state index in [1.54, 1.807) is 7.05 Å². The highest BCUT2D eigenvalue weighted by molar-refractivity contribution is 4.82. The summed E-state index contributed by atoms with van der Waals surface area (Å²) in [6, 6.07) is -0.126. The number of nitrogens with two attached hydrogens (primary N) is 1. The summed E-state index contributed by atoms with van der Waals surface area (Å²) in [6.45, 7) is 1.82. The van der Waals surface area contributed by atoms with Crippen molar-refractivity contribution in [2.75, 3.05) is 0 Å². The molecule has 0 bridgehead atoms. The van der Waals surface area contributed by atoms with Gasteiger partial charge in [0.15, 0.2) is 5.82 Å². The van der Waals surface area contributed by atoms with Crippen molar-refractivity contribution in [2.45, 2.75) is 13.0 Å². The molecule has 0 radical (unpaired) electrons. The molecule has 0 spiro atoms. The van der Waals surface area contributed by atoms with Crippen LogP contribution in [-0.4, -0.2) is 20.2 Å². The zero-order valence-corrected chi connectivity index (χ0v) is 5.44. The first-order valence-corrected chi connectivity index (χ1v) is 2.69. The van der Waals surface area contributed by atoms with Crippen LogP contribution in [0, 0.1) is 0 Å². The number of aryl methyl sites for hydroxylation is 1. The van der Waals surface area contributed by atoms with Gasteiger partial charge in [0, 0.05) is 0 Å². The molecule has 0 aliphatic carbocycles. The third-order valence-corrected chi connectivity index (χ3v) is 0.931. The van der Waals surface area contributed by atoms with Crippen molar-refractivity contribution in [2.24, 2.45) is 12.8 Å². The molecule has 5 nitrogen and oxygen atoms in total. The SMILES string of the molecule is CC(N)c1nnn(C)n1. The number of hydrogen-bond acceptors (Lipinski definition) is 4. The van der Waals surface area contributed by atoms with E-state index in [0.29, 0.717) is 5.82 Å². The van der Waals surface area contributed by atoms with Crippen LogP contribution in [0.25, 0.3) is 0 Å². The molecule has 0 saturated heterocycles. The summed E-state index contributed by atoms with van der Waals surface area (Å²) in [7, 11) is 1.71. The van der Waals surface area contributed by atoms with Crippen LogP contribution in [-0.2, 0) is 7.05 Å². The van der Waals surface area contributed by atoms with Crippen molar-refractivity contribution in [3.63, 3.8) is 0 Å². The molecular formula is C4H9N5. The molecule has 1 rings (SSSR count). The van der Waals surface area contributed by atoms with Crippen LogP contribution < -0.4 is 5.73 Å². The highest BCUT2D eigenvalue weighted by Crippen LogP contribution is 1.96. The van der Waals surface area contributed by atoms with E-state index in [-0.39, 0.29) is 6.04 Å². The van der Waals surface area contributed by atoms with Gasteiger partial charge in [-0.2, -0.15) is 4.80 Å². The van der Waals surface area contributed by atoms with Crippen molar-refractivity contribution >= 4 is 0 Å². The molecule has 0 fully saturated rings. The maximum atomic E-state index is 5.45. The largest absolute Gasteiger partial charge is 0.321 e. The Labute approximate surface area is 52.8 Å². The van der Waals surface area contributed by atoms with Gasteiger partial charge in [-0.1, -0.05) is 0 Å². The normalized spacial score (nSPS) is 13.7. The first-order valence-electron chi connectivity index (χ1n) is 2.69. The van der Waals surface area contributed by atoms with E-state index in [4.69, 9.17) is 5.73 Å². The van der Waals surface area contributed by atoms with Gasteiger partial charge in [-0.3, -0.25) is 0 Å². The first-order chi connectivity index (χ1) is 4.20. The molecule has 1 atom stereocenters. The average Bonchev–Trinajstić information content (AvgIpc) is 2.14. The molecule has 1 unspecified atom stereocenters. The van der Waals surface area contributed by atoms with Crippen LogP contribution >= 0.6 is 0 Å². The Bertz CT molecular complexity index is 191. The van der Waals surface area contributed by atoms with Gasteiger partial charge in [-0.15, -0.1) is 10.2 Å². The quantitative estimate of drug-likeness (QED) is 0.537. The lowest BCUT2D eigenvalue weighted by atomic mass is 10.4. The van der Waals surface area contributed by atoms with Gasteiger partial charge in [0.05, 0.1) is 13.1 Å². The van der Waals surface area contributed by atoms with Crippen molar-refractivity contribution < 1.29 is 0 Å². The molecule has 0 aliphatic rings. The van der Waals surface area contributed by atoms with Gasteiger partial charge in [-0.25, -0.2) is 0 Å². The average molecular weight is 127 g/mol. The molecule has 0 amide bonds. The number of hydrogen-bond donors (Lipinski definition) is 1. The van der Waals surface area contributed by atoms with E-state index in [9.17, 15) is 0 Å². The van der Waals surface area contributed by atoms with Gasteiger partial charge in [0.25, 0.3) is 0 Å². The third-order valence-electron chi connectivity index (χ3n) is 0.931. The second-order valence-corrected chi connectivity index (χ2v) is 1.93. The molecule has 2 N–H and O–H groups in total. The van der Waals surface area contributed by atoms with Crippen molar-refractivity contribution in [1.29, 1.82) is 0 Å². The molecule has 0 saturated carbocycles. The summed E-state index contributed by atoms with van der Waals surface area (Å²) in [6.07, 6.45) is 0. The Balaban J connectivity index is 2.85. The fourth-order valence-corrected chi connectivity index (χ4v) is 0.481. The third kappa shape index (κ3) is 1.23. The van der Waals surface area contributed by atoms with Crippen LogP contribution in [0.5, 0.6) is 0 Å². The molecule has 9 heavy (non-hydrogen) atoms. The standard InChI is InChI=1S/C4H9N5/c1-3(5)4-6-8-9(2)7-4/h3H,5H2,1-2H3. The molecular weight excluding hydrogens is 118 g/mol. The molecule has 0 aromatic carbocycles. The second-order valence-electron chi connectivity index (χ2n) is 1.93. The lowest BCUT2D eigenvalue weighted by Crippen LogP contribution is -2.07. The highest BCUT2D eigenvalue weighted by Gasteiger charge is 2.03. The van der Waals surface area contributed by atoms with Gasteiger partial charge >= 0.3 is 0 Å². The predicted molar refractivity (Wildman–Crippen MR) is 31.4 cm³/mol. The Morgan fingerprint density at radius 3 is 2.56 bits per heavy atom. The smallest absolute Gasteiger partial charge is 0.191 e. The van der Waals surface area contributed by atoms with Gasteiger partial charge in [-0.05, 0) is 12.1 Å². The molecule has 1 aromatic heterocycles. The molecule has 50 valence electrons. The Morgan fingerprint density at radius 2 is 2.33 bits per heavy atom. The first kappa shape index (κ1) is 6.15. The summed E-state index contributed by atoms with van der Waals surface area (Å²) < 4.78 is 0. The van der Waals surface area contributed by atoms with Crippen LogP contribution in [0.4, 0.5) is 0 Å². The minimum Gasteiger partial charge on any atom is -0.321 e. The van der Waals surface area contributed by atoms with E-state index in [2.05, 4.69) is 15.4 Å². The molecule has 0 aliphatic heterocycles. The number of aromatic nitrogens is 4. The monoisotopic (exact) mass is 127 g/mol. The maximum Gasteiger partial charge on any atom is 0.191 e. The van der Waals surface area contributed by atoms with E-state index in [0.717, 1.165) is 0 Å². The van der Waals surface area contributed by atoms with Crippen LogP contribution in [0.1, 0.15) is 18.8 Å². The fraction of sp³-hybridized carbons (Fsp3) is 0.750. The topological polar surface area (TPSA) is 69.6 Å². The van der Waals surface area contributed by atoms with Gasteiger partial charge in [0.1, 0.15) is 0 Å². The Hall–Kier alpha value is -0.970. The lowest BCUT2D eigenvalue weighted by molar-refractivity contribution is 0.623. The summed E-state index contributed by atoms with van der Waals surface area (Å²) in [5.41, 5.74) is 5.45. The van der Waals surface area contributed by atoms with E-state index in [1.165, 1.54) is 4.80 Å². The van der Waals surface area contributed by atoms with Crippen molar-refractivity contribution in [3.8, 4) is 0 Å². The van der Waals surface area contributed by atoms with E-state index >= 15 is 0 Å². The van der Waals surface area contributed by atoms with Crippen LogP contribution in [0.2, 0.25) is 0 Å². The van der Waals surface area contributed by atoms with Crippen molar-refractivity contribution in [3.05, 3.63) is 5.82 Å². The maximum absolute atomic E-state index is 5.45. The van der Waals surface area contributed by atoms with Crippen molar-refractivity contribution in [1.82, 2.24) is 20.2 Å². The minimum absolute atomic E-state index is 0.126. The van der Waals surface area contributed by atoms with E-state index in [1.807, 2.05) is 6.92 Å². The van der Waals surface area contributed by atoms with E-state index < -0.39 is 0 Å².